The molecule has 4 nitrogen and oxygen atoms in total. The summed E-state index contributed by atoms with van der Waals surface area (Å²) in [5.41, 5.74) is 1.15. The van der Waals surface area contributed by atoms with Gasteiger partial charge in [0.25, 0.3) is 0 Å². The van der Waals surface area contributed by atoms with Gasteiger partial charge in [-0.15, -0.1) is 0 Å². The van der Waals surface area contributed by atoms with E-state index in [9.17, 15) is 0 Å². The molecule has 1 aromatic heterocycles. The van der Waals surface area contributed by atoms with Gasteiger partial charge in [0.1, 0.15) is 0 Å². The summed E-state index contributed by atoms with van der Waals surface area (Å²) in [7, 11) is 3.90. The molecule has 0 spiro atoms. The summed E-state index contributed by atoms with van der Waals surface area (Å²) in [4.78, 5) is 0. The lowest BCUT2D eigenvalue weighted by Crippen LogP contribution is -2.45. The van der Waals surface area contributed by atoms with E-state index in [1.54, 1.807) is 0 Å². The van der Waals surface area contributed by atoms with Crippen LogP contribution >= 0.6 is 0 Å². The van der Waals surface area contributed by atoms with E-state index in [1.165, 1.54) is 32.1 Å². The van der Waals surface area contributed by atoms with E-state index in [0.717, 1.165) is 12.1 Å². The van der Waals surface area contributed by atoms with Crippen LogP contribution in [0.1, 0.15) is 57.7 Å². The van der Waals surface area contributed by atoms with E-state index >= 15 is 0 Å². The minimum atomic E-state index is 0.291. The molecule has 2 rings (SSSR count). The van der Waals surface area contributed by atoms with E-state index in [-0.39, 0.29) is 0 Å². The summed E-state index contributed by atoms with van der Waals surface area (Å²) in [6.07, 6.45) is 10.00. The van der Waals surface area contributed by atoms with Gasteiger partial charge in [-0.05, 0) is 45.7 Å². The van der Waals surface area contributed by atoms with Crippen molar-refractivity contribution in [2.45, 2.75) is 70.6 Å². The zero-order valence-corrected chi connectivity index (χ0v) is 14.0. The normalized spacial score (nSPS) is 19.9. The van der Waals surface area contributed by atoms with Crippen LogP contribution in [0.5, 0.6) is 0 Å². The third-order valence-electron chi connectivity index (χ3n) is 4.78. The summed E-state index contributed by atoms with van der Waals surface area (Å²) >= 11 is 0. The standard InChI is InChI=1S/C17H31N3O/c1-13(2)20-11-10-15(19-20)12-16(18-3)17(21-4)14-8-6-5-7-9-14/h10-11,13-14,16-18H,5-9,12H2,1-4H3. The van der Waals surface area contributed by atoms with E-state index in [4.69, 9.17) is 4.74 Å². The van der Waals surface area contributed by atoms with Gasteiger partial charge in [0, 0.05) is 31.8 Å². The van der Waals surface area contributed by atoms with E-state index in [1.807, 2.05) is 18.8 Å². The third kappa shape index (κ3) is 4.30. The molecule has 1 N–H and O–H groups in total. The van der Waals surface area contributed by atoms with Crippen LogP contribution in [-0.4, -0.2) is 36.1 Å². The van der Waals surface area contributed by atoms with Gasteiger partial charge in [-0.25, -0.2) is 0 Å². The van der Waals surface area contributed by atoms with Gasteiger partial charge in [0.15, 0.2) is 0 Å². The Bertz CT molecular complexity index is 410. The number of methoxy groups -OCH3 is 1. The lowest BCUT2D eigenvalue weighted by atomic mass is 9.81. The molecule has 2 atom stereocenters. The Morgan fingerprint density at radius 2 is 2.05 bits per heavy atom. The fourth-order valence-corrected chi connectivity index (χ4v) is 3.53. The molecule has 4 heteroatoms. The highest BCUT2D eigenvalue weighted by atomic mass is 16.5. The van der Waals surface area contributed by atoms with Crippen molar-refractivity contribution >= 4 is 0 Å². The van der Waals surface area contributed by atoms with Gasteiger partial charge >= 0.3 is 0 Å². The van der Waals surface area contributed by atoms with Crippen molar-refractivity contribution in [1.82, 2.24) is 15.1 Å². The number of aromatic nitrogens is 2. The summed E-state index contributed by atoms with van der Waals surface area (Å²) in [5, 5.41) is 8.14. The number of ether oxygens (including phenoxy) is 1. The number of nitrogens with zero attached hydrogens (tertiary/aromatic N) is 2. The summed E-state index contributed by atoms with van der Waals surface area (Å²) < 4.78 is 7.90. The van der Waals surface area contributed by atoms with Crippen molar-refractivity contribution in [3.8, 4) is 0 Å². The quantitative estimate of drug-likeness (QED) is 0.839. The highest BCUT2D eigenvalue weighted by Crippen LogP contribution is 2.30. The molecule has 2 unspecified atom stereocenters. The molecule has 0 radical (unpaired) electrons. The van der Waals surface area contributed by atoms with Crippen molar-refractivity contribution in [1.29, 1.82) is 0 Å². The lowest BCUT2D eigenvalue weighted by Gasteiger charge is -2.34. The molecule has 1 heterocycles. The van der Waals surface area contributed by atoms with Gasteiger partial charge in [-0.2, -0.15) is 5.10 Å². The second kappa shape index (κ2) is 7.95. The molecule has 1 fully saturated rings. The maximum absolute atomic E-state index is 5.87. The zero-order valence-electron chi connectivity index (χ0n) is 14.0. The average Bonchev–Trinajstić information content (AvgIpc) is 2.97. The number of nitrogens with one attached hydrogen (secondary N) is 1. The fraction of sp³-hybridized carbons (Fsp3) is 0.824. The van der Waals surface area contributed by atoms with Crippen LogP contribution in [0.2, 0.25) is 0 Å². The van der Waals surface area contributed by atoms with Crippen LogP contribution in [0.15, 0.2) is 12.3 Å². The van der Waals surface area contributed by atoms with Crippen LogP contribution in [0.25, 0.3) is 0 Å². The highest BCUT2D eigenvalue weighted by Gasteiger charge is 2.30. The van der Waals surface area contributed by atoms with Gasteiger partial charge < -0.3 is 10.1 Å². The number of hydrogen-bond donors (Lipinski definition) is 1. The molecule has 0 bridgehead atoms. The van der Waals surface area contributed by atoms with Crippen molar-refractivity contribution < 1.29 is 4.74 Å². The van der Waals surface area contributed by atoms with Crippen LogP contribution in [-0.2, 0) is 11.2 Å². The summed E-state index contributed by atoms with van der Waals surface area (Å²) in [5.74, 6) is 0.688. The minimum absolute atomic E-state index is 0.291. The molecule has 1 aliphatic carbocycles. The predicted octanol–water partition coefficient (Wildman–Crippen LogP) is 3.19. The first-order chi connectivity index (χ1) is 10.2. The summed E-state index contributed by atoms with van der Waals surface area (Å²) in [6, 6.07) is 2.90. The average molecular weight is 293 g/mol. The van der Waals surface area contributed by atoms with E-state index in [0.29, 0.717) is 24.1 Å². The van der Waals surface area contributed by atoms with Crippen LogP contribution < -0.4 is 5.32 Å². The molecule has 1 aromatic rings. The SMILES string of the molecule is CNC(Cc1ccn(C(C)C)n1)C(OC)C1CCCCC1. The maximum atomic E-state index is 5.87. The molecule has 120 valence electrons. The first kappa shape index (κ1) is 16.5. The summed E-state index contributed by atoms with van der Waals surface area (Å²) in [6.45, 7) is 4.32. The Balaban J connectivity index is 2.02. The van der Waals surface area contributed by atoms with Crippen LogP contribution in [0.3, 0.4) is 0 Å². The Kier molecular flexibility index (Phi) is 6.24. The first-order valence-corrected chi connectivity index (χ1v) is 8.39. The monoisotopic (exact) mass is 293 g/mol. The largest absolute Gasteiger partial charge is 0.380 e. The molecular weight excluding hydrogens is 262 g/mol. The first-order valence-electron chi connectivity index (χ1n) is 8.39. The minimum Gasteiger partial charge on any atom is -0.380 e. The topological polar surface area (TPSA) is 39.1 Å². The number of likely N-dealkylation sites (N-methyl/N-ethyl adjacent to an activating group) is 1. The van der Waals surface area contributed by atoms with Gasteiger partial charge in [-0.1, -0.05) is 19.3 Å². The van der Waals surface area contributed by atoms with Crippen molar-refractivity contribution in [3.63, 3.8) is 0 Å². The second-order valence-corrected chi connectivity index (χ2v) is 6.58. The molecule has 0 aromatic carbocycles. The molecule has 0 saturated heterocycles. The Labute approximate surface area is 129 Å². The molecule has 0 amide bonds. The van der Waals surface area contributed by atoms with Gasteiger partial charge in [0.2, 0.25) is 0 Å². The van der Waals surface area contributed by atoms with Gasteiger partial charge in [-0.3, -0.25) is 4.68 Å². The third-order valence-corrected chi connectivity index (χ3v) is 4.78. The number of hydrogen-bond acceptors (Lipinski definition) is 3. The Morgan fingerprint density at radius 1 is 1.33 bits per heavy atom. The molecule has 0 aliphatic heterocycles. The van der Waals surface area contributed by atoms with E-state index in [2.05, 4.69) is 36.5 Å². The number of rotatable bonds is 7. The Morgan fingerprint density at radius 3 is 2.57 bits per heavy atom. The van der Waals surface area contributed by atoms with E-state index < -0.39 is 0 Å². The lowest BCUT2D eigenvalue weighted by molar-refractivity contribution is 0.00989. The fourth-order valence-electron chi connectivity index (χ4n) is 3.53. The molecule has 1 saturated carbocycles. The van der Waals surface area contributed by atoms with Crippen molar-refractivity contribution in [3.05, 3.63) is 18.0 Å². The zero-order chi connectivity index (χ0) is 15.2. The van der Waals surface area contributed by atoms with Crippen LogP contribution in [0.4, 0.5) is 0 Å². The van der Waals surface area contributed by atoms with Crippen molar-refractivity contribution in [2.24, 2.45) is 5.92 Å². The van der Waals surface area contributed by atoms with Gasteiger partial charge in [0.05, 0.1) is 11.8 Å². The second-order valence-electron chi connectivity index (χ2n) is 6.58. The predicted molar refractivity (Wildman–Crippen MR) is 86.5 cm³/mol. The highest BCUT2D eigenvalue weighted by molar-refractivity contribution is 5.04. The van der Waals surface area contributed by atoms with Crippen LogP contribution in [0, 0.1) is 5.92 Å². The maximum Gasteiger partial charge on any atom is 0.0756 e. The smallest absolute Gasteiger partial charge is 0.0756 e. The molecule has 1 aliphatic rings. The molecule has 21 heavy (non-hydrogen) atoms. The van der Waals surface area contributed by atoms with Crippen molar-refractivity contribution in [2.75, 3.05) is 14.2 Å². The molecular formula is C17H31N3O. The Hall–Kier alpha value is -0.870.